The molecule has 6 rings (SSSR count). The fraction of sp³-hybridized carbons (Fsp3) is 0.571. The Morgan fingerprint density at radius 1 is 0.921 bits per heavy atom. The van der Waals surface area contributed by atoms with Gasteiger partial charge in [-0.2, -0.15) is 4.98 Å². The summed E-state index contributed by atoms with van der Waals surface area (Å²) in [4.78, 5) is 47.6. The van der Waals surface area contributed by atoms with Crippen LogP contribution in [-0.4, -0.2) is 66.7 Å². The summed E-state index contributed by atoms with van der Waals surface area (Å²) in [5.74, 6) is 0.498. The third-order valence-corrected chi connectivity index (χ3v) is 8.38. The SMILES string of the molecule is Cn1c(=O)c2c(nc(OC3CCN(C(=O)C4CC4)CC3)n2C2CCN(Cc3ccccc3)CC2)n(C)c1=O. The van der Waals surface area contributed by atoms with Gasteiger partial charge < -0.3 is 9.64 Å². The monoisotopic (exact) mass is 520 g/mol. The Bertz CT molecular complexity index is 1440. The topological polar surface area (TPSA) is 94.6 Å². The van der Waals surface area contributed by atoms with Crippen molar-refractivity contribution in [3.63, 3.8) is 0 Å². The number of ether oxygens (including phenoxy) is 1. The highest BCUT2D eigenvalue weighted by Gasteiger charge is 2.36. The molecule has 0 radical (unpaired) electrons. The largest absolute Gasteiger partial charge is 0.461 e. The van der Waals surface area contributed by atoms with Crippen LogP contribution in [0.5, 0.6) is 6.01 Å². The summed E-state index contributed by atoms with van der Waals surface area (Å²) in [6.45, 7) is 4.05. The van der Waals surface area contributed by atoms with Gasteiger partial charge in [-0.15, -0.1) is 0 Å². The standard InChI is InChI=1S/C28H36N6O4/c1-30-24-23(26(36)31(2)28(30)37)34(21-10-14-32(15-11-21)18-19-6-4-3-5-7-19)27(29-24)38-22-12-16-33(17-13-22)25(35)20-8-9-20/h3-7,20-22H,8-18H2,1-2H3. The second-order valence-corrected chi connectivity index (χ2v) is 11.1. The quantitative estimate of drug-likeness (QED) is 0.494. The molecular formula is C28H36N6O4. The van der Waals surface area contributed by atoms with Crippen molar-refractivity contribution >= 4 is 17.1 Å². The molecule has 0 atom stereocenters. The number of piperidine rings is 2. The summed E-state index contributed by atoms with van der Waals surface area (Å²) in [6.07, 6.45) is 5.10. The van der Waals surface area contributed by atoms with E-state index in [-0.39, 0.29) is 29.5 Å². The van der Waals surface area contributed by atoms with E-state index in [1.807, 2.05) is 15.5 Å². The maximum absolute atomic E-state index is 13.3. The number of rotatable bonds is 6. The van der Waals surface area contributed by atoms with Gasteiger partial charge in [0.1, 0.15) is 6.10 Å². The van der Waals surface area contributed by atoms with Gasteiger partial charge in [0.2, 0.25) is 5.91 Å². The minimum absolute atomic E-state index is 0.0451. The molecule has 4 heterocycles. The highest BCUT2D eigenvalue weighted by Crippen LogP contribution is 2.34. The fourth-order valence-corrected chi connectivity index (χ4v) is 5.93. The Labute approximate surface area is 221 Å². The molecule has 2 saturated heterocycles. The van der Waals surface area contributed by atoms with Gasteiger partial charge in [0.05, 0.1) is 0 Å². The molecule has 10 nitrogen and oxygen atoms in total. The third kappa shape index (κ3) is 4.66. The predicted molar refractivity (Wildman–Crippen MR) is 143 cm³/mol. The molecule has 3 aliphatic rings. The third-order valence-electron chi connectivity index (χ3n) is 8.38. The highest BCUT2D eigenvalue weighted by molar-refractivity contribution is 5.81. The van der Waals surface area contributed by atoms with Crippen molar-refractivity contribution < 1.29 is 9.53 Å². The van der Waals surface area contributed by atoms with Crippen LogP contribution in [0.1, 0.15) is 50.1 Å². The lowest BCUT2D eigenvalue weighted by atomic mass is 10.0. The molecule has 0 N–H and O–H groups in total. The lowest BCUT2D eigenvalue weighted by molar-refractivity contribution is -0.134. The summed E-state index contributed by atoms with van der Waals surface area (Å²) in [5, 5.41) is 0. The second kappa shape index (κ2) is 10.1. The maximum atomic E-state index is 13.3. The number of aryl methyl sites for hydroxylation is 1. The summed E-state index contributed by atoms with van der Waals surface area (Å²) < 4.78 is 11.0. The molecule has 1 aliphatic carbocycles. The van der Waals surface area contributed by atoms with Crippen LogP contribution in [0.15, 0.2) is 39.9 Å². The molecule has 3 fully saturated rings. The fourth-order valence-electron chi connectivity index (χ4n) is 5.93. The maximum Gasteiger partial charge on any atom is 0.332 e. The second-order valence-electron chi connectivity index (χ2n) is 11.1. The average Bonchev–Trinajstić information content (AvgIpc) is 3.73. The average molecular weight is 521 g/mol. The van der Waals surface area contributed by atoms with Crippen molar-refractivity contribution in [3.05, 3.63) is 56.7 Å². The van der Waals surface area contributed by atoms with Crippen LogP contribution in [0.2, 0.25) is 0 Å². The van der Waals surface area contributed by atoms with Gasteiger partial charge in [-0.05, 0) is 31.2 Å². The summed E-state index contributed by atoms with van der Waals surface area (Å²) in [6, 6.07) is 10.9. The van der Waals surface area contributed by atoms with E-state index in [4.69, 9.17) is 9.72 Å². The molecule has 2 aliphatic heterocycles. The minimum Gasteiger partial charge on any atom is -0.461 e. The number of fused-ring (bicyclic) bond motifs is 1. The molecule has 2 aromatic heterocycles. The molecular weight excluding hydrogens is 484 g/mol. The van der Waals surface area contributed by atoms with Crippen molar-refractivity contribution in [2.45, 2.75) is 57.2 Å². The number of nitrogens with zero attached hydrogens (tertiary/aromatic N) is 6. The van der Waals surface area contributed by atoms with Crippen LogP contribution in [-0.2, 0) is 25.4 Å². The van der Waals surface area contributed by atoms with Crippen molar-refractivity contribution in [3.8, 4) is 6.01 Å². The van der Waals surface area contributed by atoms with Crippen molar-refractivity contribution in [2.24, 2.45) is 20.0 Å². The predicted octanol–water partition coefficient (Wildman–Crippen LogP) is 2.05. The molecule has 0 unspecified atom stereocenters. The number of likely N-dealkylation sites (tertiary alicyclic amines) is 2. The van der Waals surface area contributed by atoms with Gasteiger partial charge >= 0.3 is 5.69 Å². The zero-order chi connectivity index (χ0) is 26.4. The molecule has 0 spiro atoms. The van der Waals surface area contributed by atoms with Crippen molar-refractivity contribution in [2.75, 3.05) is 26.2 Å². The molecule has 10 heteroatoms. The Hall–Kier alpha value is -3.40. The first-order valence-electron chi connectivity index (χ1n) is 13.8. The zero-order valence-corrected chi connectivity index (χ0v) is 22.2. The van der Waals surface area contributed by atoms with Gasteiger partial charge in [0.25, 0.3) is 11.6 Å². The van der Waals surface area contributed by atoms with Crippen LogP contribution in [0, 0.1) is 5.92 Å². The lowest BCUT2D eigenvalue weighted by Gasteiger charge is -2.34. The smallest absolute Gasteiger partial charge is 0.332 e. The van der Waals surface area contributed by atoms with E-state index in [2.05, 4.69) is 29.2 Å². The molecule has 3 aromatic rings. The van der Waals surface area contributed by atoms with Crippen LogP contribution < -0.4 is 16.0 Å². The minimum atomic E-state index is -0.400. The molecule has 1 saturated carbocycles. The molecule has 0 bridgehead atoms. The lowest BCUT2D eigenvalue weighted by Crippen LogP contribution is -2.42. The number of carbonyl (C=O) groups is 1. The number of benzene rings is 1. The van der Waals surface area contributed by atoms with Gasteiger partial charge in [0.15, 0.2) is 11.2 Å². The van der Waals surface area contributed by atoms with E-state index in [0.717, 1.165) is 62.7 Å². The van der Waals surface area contributed by atoms with E-state index in [9.17, 15) is 14.4 Å². The molecule has 1 amide bonds. The van der Waals surface area contributed by atoms with E-state index in [1.165, 1.54) is 17.2 Å². The van der Waals surface area contributed by atoms with Crippen molar-refractivity contribution in [1.29, 1.82) is 0 Å². The highest BCUT2D eigenvalue weighted by atomic mass is 16.5. The van der Waals surface area contributed by atoms with E-state index in [0.29, 0.717) is 30.3 Å². The Morgan fingerprint density at radius 3 is 2.26 bits per heavy atom. The summed E-state index contributed by atoms with van der Waals surface area (Å²) >= 11 is 0. The summed E-state index contributed by atoms with van der Waals surface area (Å²) in [5.41, 5.74) is 1.33. The van der Waals surface area contributed by atoms with Gasteiger partial charge in [-0.3, -0.25) is 28.2 Å². The van der Waals surface area contributed by atoms with Gasteiger partial charge in [-0.1, -0.05) is 30.3 Å². The molecule has 1 aromatic carbocycles. The number of hydrogen-bond donors (Lipinski definition) is 0. The van der Waals surface area contributed by atoms with Crippen LogP contribution in [0.4, 0.5) is 0 Å². The van der Waals surface area contributed by atoms with Gasteiger partial charge in [-0.25, -0.2) is 4.79 Å². The first-order chi connectivity index (χ1) is 18.4. The van der Waals surface area contributed by atoms with Gasteiger partial charge in [0, 0.05) is 71.6 Å². The Morgan fingerprint density at radius 2 is 1.61 bits per heavy atom. The zero-order valence-electron chi connectivity index (χ0n) is 22.2. The first kappa shape index (κ1) is 24.9. The number of hydrogen-bond acceptors (Lipinski definition) is 6. The molecule has 38 heavy (non-hydrogen) atoms. The van der Waals surface area contributed by atoms with Crippen LogP contribution >= 0.6 is 0 Å². The number of carbonyl (C=O) groups excluding carboxylic acids is 1. The Kier molecular flexibility index (Phi) is 6.59. The Balaban J connectivity index is 1.25. The van der Waals surface area contributed by atoms with E-state index >= 15 is 0 Å². The van der Waals surface area contributed by atoms with E-state index < -0.39 is 5.69 Å². The molecule has 202 valence electrons. The van der Waals surface area contributed by atoms with Crippen LogP contribution in [0.25, 0.3) is 11.2 Å². The summed E-state index contributed by atoms with van der Waals surface area (Å²) in [7, 11) is 3.16. The number of aromatic nitrogens is 4. The number of imidazole rings is 1. The first-order valence-corrected chi connectivity index (χ1v) is 13.8. The normalized spacial score (nSPS) is 19.8. The van der Waals surface area contributed by atoms with Crippen molar-refractivity contribution in [1.82, 2.24) is 28.5 Å². The van der Waals surface area contributed by atoms with E-state index in [1.54, 1.807) is 7.05 Å². The number of amides is 1. The van der Waals surface area contributed by atoms with Crippen LogP contribution in [0.3, 0.4) is 0 Å².